The van der Waals surface area contributed by atoms with Crippen LogP contribution in [0.4, 0.5) is 0 Å². The monoisotopic (exact) mass is 294 g/mol. The molecule has 4 rings (SSSR count). The third-order valence-corrected chi connectivity index (χ3v) is 5.54. The van der Waals surface area contributed by atoms with Gasteiger partial charge in [0.05, 0.1) is 5.56 Å². The first kappa shape index (κ1) is 13.8. The van der Waals surface area contributed by atoms with E-state index in [0.717, 1.165) is 23.1 Å². The van der Waals surface area contributed by atoms with Gasteiger partial charge in [0.1, 0.15) is 6.10 Å². The number of fused-ring (bicyclic) bond motifs is 2. The number of benzene rings is 2. The smallest absolute Gasteiger partial charge is 0.339 e. The van der Waals surface area contributed by atoms with Crippen LogP contribution in [-0.2, 0) is 4.74 Å². The van der Waals surface area contributed by atoms with Crippen LogP contribution < -0.4 is 0 Å². The first-order valence-electron chi connectivity index (χ1n) is 8.51. The SMILES string of the molecule is O=C(OC1CCC2CCCCC21)c1cccc2ccccc12. The van der Waals surface area contributed by atoms with Gasteiger partial charge in [-0.15, -0.1) is 0 Å². The van der Waals surface area contributed by atoms with Gasteiger partial charge in [-0.2, -0.15) is 0 Å². The van der Waals surface area contributed by atoms with Crippen LogP contribution in [0.3, 0.4) is 0 Å². The van der Waals surface area contributed by atoms with Crippen LogP contribution >= 0.6 is 0 Å². The second kappa shape index (κ2) is 5.75. The van der Waals surface area contributed by atoms with Gasteiger partial charge in [-0.25, -0.2) is 4.79 Å². The normalized spacial score (nSPS) is 27.5. The second-order valence-electron chi connectivity index (χ2n) is 6.76. The van der Waals surface area contributed by atoms with Crippen LogP contribution in [0.1, 0.15) is 48.9 Å². The number of rotatable bonds is 2. The van der Waals surface area contributed by atoms with Crippen LogP contribution in [0, 0.1) is 11.8 Å². The Morgan fingerprint density at radius 2 is 1.73 bits per heavy atom. The van der Waals surface area contributed by atoms with E-state index in [0.29, 0.717) is 11.5 Å². The number of carbonyl (C=O) groups is 1. The summed E-state index contributed by atoms with van der Waals surface area (Å²) in [6.45, 7) is 0. The van der Waals surface area contributed by atoms with Crippen LogP contribution in [0.15, 0.2) is 42.5 Å². The lowest BCUT2D eigenvalue weighted by atomic mass is 9.81. The molecule has 0 aromatic heterocycles. The number of carbonyl (C=O) groups excluding carboxylic acids is 1. The molecule has 2 aliphatic carbocycles. The van der Waals surface area contributed by atoms with E-state index in [9.17, 15) is 4.79 Å². The van der Waals surface area contributed by atoms with Crippen LogP contribution in [0.2, 0.25) is 0 Å². The highest BCUT2D eigenvalue weighted by Crippen LogP contribution is 2.43. The van der Waals surface area contributed by atoms with E-state index in [-0.39, 0.29) is 12.1 Å². The molecule has 2 fully saturated rings. The minimum atomic E-state index is -0.145. The van der Waals surface area contributed by atoms with Crippen LogP contribution in [0.25, 0.3) is 10.8 Å². The molecule has 0 spiro atoms. The zero-order valence-electron chi connectivity index (χ0n) is 12.8. The zero-order chi connectivity index (χ0) is 14.9. The summed E-state index contributed by atoms with van der Waals surface area (Å²) in [5.41, 5.74) is 0.706. The summed E-state index contributed by atoms with van der Waals surface area (Å²) in [6.07, 6.45) is 7.63. The molecule has 2 aromatic carbocycles. The lowest BCUT2D eigenvalue weighted by Crippen LogP contribution is -2.27. The molecule has 0 heterocycles. The van der Waals surface area contributed by atoms with E-state index in [1.807, 2.05) is 42.5 Å². The van der Waals surface area contributed by atoms with Gasteiger partial charge in [0, 0.05) is 0 Å². The molecule has 3 unspecified atom stereocenters. The van der Waals surface area contributed by atoms with E-state index < -0.39 is 0 Å². The van der Waals surface area contributed by atoms with Crippen molar-refractivity contribution in [3.63, 3.8) is 0 Å². The highest BCUT2D eigenvalue weighted by molar-refractivity contribution is 6.04. The van der Waals surface area contributed by atoms with Gasteiger partial charge in [0.15, 0.2) is 0 Å². The Labute approximate surface area is 131 Å². The van der Waals surface area contributed by atoms with Gasteiger partial charge in [-0.1, -0.05) is 55.7 Å². The fourth-order valence-electron chi connectivity index (χ4n) is 4.43. The van der Waals surface area contributed by atoms with E-state index in [4.69, 9.17) is 4.74 Å². The number of hydrogen-bond donors (Lipinski definition) is 0. The Morgan fingerprint density at radius 3 is 2.68 bits per heavy atom. The summed E-state index contributed by atoms with van der Waals surface area (Å²) in [4.78, 5) is 12.7. The molecule has 22 heavy (non-hydrogen) atoms. The standard InChI is InChI=1S/C20H22O2/c21-20(18-11-5-8-14-6-1-3-9-16(14)18)22-19-13-12-15-7-2-4-10-17(15)19/h1,3,5-6,8-9,11,15,17,19H,2,4,7,10,12-13H2. The lowest BCUT2D eigenvalue weighted by Gasteiger charge is -2.28. The largest absolute Gasteiger partial charge is 0.458 e. The molecule has 2 nitrogen and oxygen atoms in total. The third kappa shape index (κ3) is 2.41. The molecule has 0 amide bonds. The van der Waals surface area contributed by atoms with E-state index in [2.05, 4.69) is 0 Å². The van der Waals surface area contributed by atoms with E-state index in [1.54, 1.807) is 0 Å². The molecular formula is C20H22O2. The van der Waals surface area contributed by atoms with Crippen LogP contribution in [0.5, 0.6) is 0 Å². The van der Waals surface area contributed by atoms with Crippen molar-refractivity contribution in [3.8, 4) is 0 Å². The number of ether oxygens (including phenoxy) is 1. The van der Waals surface area contributed by atoms with E-state index in [1.165, 1.54) is 32.1 Å². The molecule has 3 atom stereocenters. The van der Waals surface area contributed by atoms with Gasteiger partial charge in [-0.05, 0) is 47.9 Å². The summed E-state index contributed by atoms with van der Waals surface area (Å²) in [5, 5.41) is 2.09. The van der Waals surface area contributed by atoms with Crippen molar-refractivity contribution in [2.75, 3.05) is 0 Å². The Morgan fingerprint density at radius 1 is 0.909 bits per heavy atom. The molecule has 0 aliphatic heterocycles. The van der Waals surface area contributed by atoms with E-state index >= 15 is 0 Å². The van der Waals surface area contributed by atoms with Crippen LogP contribution in [-0.4, -0.2) is 12.1 Å². The average Bonchev–Trinajstić information content (AvgIpc) is 2.97. The molecular weight excluding hydrogens is 272 g/mol. The van der Waals surface area contributed by atoms with Crippen molar-refractivity contribution in [1.82, 2.24) is 0 Å². The molecule has 0 bridgehead atoms. The van der Waals surface area contributed by atoms with Crippen molar-refractivity contribution in [2.24, 2.45) is 11.8 Å². The maximum Gasteiger partial charge on any atom is 0.339 e. The fraction of sp³-hybridized carbons (Fsp3) is 0.450. The summed E-state index contributed by atoms with van der Waals surface area (Å²) < 4.78 is 5.94. The minimum Gasteiger partial charge on any atom is -0.458 e. The lowest BCUT2D eigenvalue weighted by molar-refractivity contribution is 0.0133. The Bertz CT molecular complexity index is 686. The molecule has 0 N–H and O–H groups in total. The number of hydrogen-bond acceptors (Lipinski definition) is 2. The Hall–Kier alpha value is -1.83. The Balaban J connectivity index is 1.56. The van der Waals surface area contributed by atoms with Crippen molar-refractivity contribution in [1.29, 1.82) is 0 Å². The van der Waals surface area contributed by atoms with Gasteiger partial charge >= 0.3 is 5.97 Å². The van der Waals surface area contributed by atoms with Gasteiger partial charge < -0.3 is 4.74 Å². The predicted octanol–water partition coefficient (Wildman–Crippen LogP) is 4.97. The van der Waals surface area contributed by atoms with Gasteiger partial charge in [0.2, 0.25) is 0 Å². The fourth-order valence-corrected chi connectivity index (χ4v) is 4.43. The molecule has 114 valence electrons. The summed E-state index contributed by atoms with van der Waals surface area (Å²) in [6, 6.07) is 13.9. The maximum absolute atomic E-state index is 12.7. The summed E-state index contributed by atoms with van der Waals surface area (Å²) >= 11 is 0. The first-order chi connectivity index (χ1) is 10.8. The average molecular weight is 294 g/mol. The summed E-state index contributed by atoms with van der Waals surface area (Å²) in [5.74, 6) is 1.25. The minimum absolute atomic E-state index is 0.136. The predicted molar refractivity (Wildman–Crippen MR) is 87.8 cm³/mol. The quantitative estimate of drug-likeness (QED) is 0.731. The van der Waals surface area contributed by atoms with Crippen molar-refractivity contribution in [3.05, 3.63) is 48.0 Å². The highest BCUT2D eigenvalue weighted by atomic mass is 16.5. The second-order valence-corrected chi connectivity index (χ2v) is 6.76. The maximum atomic E-state index is 12.7. The highest BCUT2D eigenvalue weighted by Gasteiger charge is 2.39. The molecule has 2 heteroatoms. The first-order valence-corrected chi connectivity index (χ1v) is 8.51. The summed E-state index contributed by atoms with van der Waals surface area (Å²) in [7, 11) is 0. The molecule has 0 saturated heterocycles. The Kier molecular flexibility index (Phi) is 3.61. The van der Waals surface area contributed by atoms with Crippen molar-refractivity contribution in [2.45, 2.75) is 44.6 Å². The van der Waals surface area contributed by atoms with Gasteiger partial charge in [0.25, 0.3) is 0 Å². The molecule has 2 aromatic rings. The topological polar surface area (TPSA) is 26.3 Å². The van der Waals surface area contributed by atoms with Crippen molar-refractivity contribution < 1.29 is 9.53 Å². The molecule has 2 saturated carbocycles. The molecule has 0 radical (unpaired) electrons. The van der Waals surface area contributed by atoms with Crippen molar-refractivity contribution >= 4 is 16.7 Å². The third-order valence-electron chi connectivity index (χ3n) is 5.54. The van der Waals surface area contributed by atoms with Gasteiger partial charge in [-0.3, -0.25) is 0 Å². The number of esters is 1. The molecule has 2 aliphatic rings. The zero-order valence-corrected chi connectivity index (χ0v) is 12.8.